The fourth-order valence-corrected chi connectivity index (χ4v) is 20.3. The lowest BCUT2D eigenvalue weighted by Gasteiger charge is -2.44. The van der Waals surface area contributed by atoms with E-state index in [2.05, 4.69) is 273 Å². The molecule has 0 radical (unpaired) electrons. The third-order valence-electron chi connectivity index (χ3n) is 11.4. The summed E-state index contributed by atoms with van der Waals surface area (Å²) < 4.78 is 24.6. The highest BCUT2D eigenvalue weighted by atomic mass is 28.4. The van der Waals surface area contributed by atoms with Crippen molar-refractivity contribution in [3.05, 3.63) is 273 Å². The van der Waals surface area contributed by atoms with Crippen molar-refractivity contribution in [1.82, 2.24) is 0 Å². The van der Waals surface area contributed by atoms with Crippen molar-refractivity contribution in [3.63, 3.8) is 0 Å². The molecular formula is C55H46O3Si3. The monoisotopic (exact) mass is 838 g/mol. The van der Waals surface area contributed by atoms with Crippen molar-refractivity contribution < 1.29 is 13.3 Å². The molecule has 0 fully saturated rings. The van der Waals surface area contributed by atoms with Crippen molar-refractivity contribution in [3.8, 4) is 0 Å². The van der Waals surface area contributed by atoms with Gasteiger partial charge in [-0.15, -0.1) is 0 Å². The highest BCUT2D eigenvalue weighted by Gasteiger charge is 2.53. The van der Waals surface area contributed by atoms with Crippen molar-refractivity contribution in [1.29, 1.82) is 0 Å². The van der Waals surface area contributed by atoms with E-state index in [1.54, 1.807) is 0 Å². The fourth-order valence-electron chi connectivity index (χ4n) is 8.67. The van der Waals surface area contributed by atoms with Gasteiger partial charge in [-0.05, 0) is 46.7 Å². The summed E-state index contributed by atoms with van der Waals surface area (Å²) in [5.74, 6) is 0. The number of rotatable bonds is 15. The predicted molar refractivity (Wildman–Crippen MR) is 259 cm³/mol. The maximum Gasteiger partial charge on any atom is 0.293 e. The van der Waals surface area contributed by atoms with Gasteiger partial charge in [-0.25, -0.2) is 0 Å². The highest BCUT2D eigenvalue weighted by Crippen LogP contribution is 2.23. The van der Waals surface area contributed by atoms with Crippen LogP contribution < -0.4 is 46.7 Å². The van der Waals surface area contributed by atoms with Crippen LogP contribution in [-0.2, 0) is 13.3 Å². The van der Waals surface area contributed by atoms with Gasteiger partial charge in [-0.1, -0.05) is 273 Å². The van der Waals surface area contributed by atoms with Crippen molar-refractivity contribution in [2.75, 3.05) is 0 Å². The van der Waals surface area contributed by atoms with Crippen molar-refractivity contribution in [2.24, 2.45) is 0 Å². The molecule has 9 aromatic carbocycles. The molecule has 0 aliphatic rings. The normalized spacial score (nSPS) is 12.0. The van der Waals surface area contributed by atoms with Gasteiger partial charge in [0.15, 0.2) is 0 Å². The molecule has 0 aliphatic heterocycles. The summed E-state index contributed by atoms with van der Waals surface area (Å²) in [6.07, 6.45) is 0. The maximum absolute atomic E-state index is 8.20. The zero-order valence-electron chi connectivity index (χ0n) is 33.8. The zero-order valence-corrected chi connectivity index (χ0v) is 36.8. The van der Waals surface area contributed by atoms with Gasteiger partial charge in [-0.3, -0.25) is 0 Å². The number of benzene rings is 9. The molecule has 9 aromatic rings. The molecule has 0 bridgehead atoms. The molecule has 0 N–H and O–H groups in total. The van der Waals surface area contributed by atoms with E-state index >= 15 is 0 Å². The molecule has 0 heterocycles. The van der Waals surface area contributed by atoms with Crippen LogP contribution in [0.25, 0.3) is 0 Å². The molecule has 0 amide bonds. The Hall–Kier alpha value is -6.49. The first kappa shape index (κ1) is 39.9. The Morgan fingerprint density at radius 1 is 0.180 bits per heavy atom. The average molecular weight is 839 g/mol. The summed E-state index contributed by atoms with van der Waals surface area (Å²) >= 11 is 0. The van der Waals surface area contributed by atoms with E-state index in [0.29, 0.717) is 0 Å². The first-order valence-electron chi connectivity index (χ1n) is 20.8. The zero-order chi connectivity index (χ0) is 41.2. The van der Waals surface area contributed by atoms with Gasteiger partial charge < -0.3 is 13.3 Å². The molecular weight excluding hydrogens is 793 g/mol. The van der Waals surface area contributed by atoms with Gasteiger partial charge in [-0.2, -0.15) is 0 Å². The van der Waals surface area contributed by atoms with Crippen LogP contribution in [-0.4, -0.2) is 31.4 Å². The Kier molecular flexibility index (Phi) is 12.1. The van der Waals surface area contributed by atoms with E-state index in [0.717, 1.165) is 46.7 Å². The van der Waals surface area contributed by atoms with Crippen molar-refractivity contribution >= 4 is 71.6 Å². The molecule has 0 aromatic heterocycles. The van der Waals surface area contributed by atoms with Gasteiger partial charge >= 0.3 is 0 Å². The summed E-state index contributed by atoms with van der Waals surface area (Å²) in [5.41, 5.74) is 0. The predicted octanol–water partition coefficient (Wildman–Crippen LogP) is 6.32. The summed E-state index contributed by atoms with van der Waals surface area (Å²) in [6, 6.07) is 96.2. The lowest BCUT2D eigenvalue weighted by atomic mass is 10.3. The minimum Gasteiger partial charge on any atom is -0.359 e. The minimum absolute atomic E-state index is 1.09. The molecule has 3 nitrogen and oxygen atoms in total. The maximum atomic E-state index is 8.20. The second-order valence-corrected chi connectivity index (χ2v) is 25.0. The first-order valence-corrected chi connectivity index (χ1v) is 26.5. The van der Waals surface area contributed by atoms with Crippen LogP contribution in [0.2, 0.25) is 0 Å². The van der Waals surface area contributed by atoms with Gasteiger partial charge in [0.05, 0.1) is 0 Å². The van der Waals surface area contributed by atoms with Crippen LogP contribution in [0.5, 0.6) is 0 Å². The van der Waals surface area contributed by atoms with E-state index in [1.165, 1.54) is 0 Å². The number of hydrogen-bond donors (Lipinski definition) is 0. The summed E-state index contributed by atoms with van der Waals surface area (Å²) in [7, 11) is -10.5. The molecule has 61 heavy (non-hydrogen) atoms. The Labute approximate surface area is 362 Å². The van der Waals surface area contributed by atoms with E-state index in [1.807, 2.05) is 0 Å². The Morgan fingerprint density at radius 3 is 0.410 bits per heavy atom. The molecule has 9 rings (SSSR count). The first-order chi connectivity index (χ1) is 30.2. The molecule has 0 unspecified atom stereocenters. The summed E-state index contributed by atoms with van der Waals surface area (Å²) in [4.78, 5) is 0. The standard InChI is InChI=1S/C55H46O3Si3/c1-10-28-46(29-11-1)59(47-30-12-2-13-31-47,48-32-14-3-15-33-48)56-55(57-60(49-34-16-4-17-35-49,50-36-18-5-19-37-50)51-38-20-6-21-39-51)58-61(52-40-22-7-23-41-52,53-42-24-8-25-43-53)54-44-26-9-27-45-54/h1-45,55H. The van der Waals surface area contributed by atoms with Crippen LogP contribution in [0.15, 0.2) is 273 Å². The van der Waals surface area contributed by atoms with E-state index in [4.69, 9.17) is 13.3 Å². The number of hydrogen-bond acceptors (Lipinski definition) is 3. The second kappa shape index (κ2) is 18.4. The molecule has 0 saturated carbocycles. The van der Waals surface area contributed by atoms with Crippen LogP contribution in [0.4, 0.5) is 0 Å². The topological polar surface area (TPSA) is 27.7 Å². The Bertz CT molecular complexity index is 2100. The lowest BCUT2D eigenvalue weighted by molar-refractivity contribution is -0.150. The van der Waals surface area contributed by atoms with Gasteiger partial charge in [0, 0.05) is 0 Å². The Balaban J connectivity index is 1.39. The molecule has 0 aliphatic carbocycles. The SMILES string of the molecule is c1ccc([Si](OC(O[Si](c2ccccc2)(c2ccccc2)c2ccccc2)O[Si](c2ccccc2)(c2ccccc2)c2ccccc2)(c2ccccc2)c2ccccc2)cc1. The van der Waals surface area contributed by atoms with Gasteiger partial charge in [0.25, 0.3) is 25.0 Å². The summed E-state index contributed by atoms with van der Waals surface area (Å²) in [5, 5.41) is 9.77. The van der Waals surface area contributed by atoms with Gasteiger partial charge in [0.1, 0.15) is 0 Å². The third kappa shape index (κ3) is 7.85. The molecule has 0 atom stereocenters. The minimum atomic E-state index is -3.50. The summed E-state index contributed by atoms with van der Waals surface area (Å²) in [6.45, 7) is -1.20. The van der Waals surface area contributed by atoms with E-state index in [-0.39, 0.29) is 0 Å². The van der Waals surface area contributed by atoms with Crippen molar-refractivity contribution in [2.45, 2.75) is 6.48 Å². The van der Waals surface area contributed by atoms with E-state index < -0.39 is 31.4 Å². The quantitative estimate of drug-likeness (QED) is 0.0688. The van der Waals surface area contributed by atoms with Crippen LogP contribution >= 0.6 is 0 Å². The average Bonchev–Trinajstić information content (AvgIpc) is 3.36. The second-order valence-electron chi connectivity index (χ2n) is 15.0. The highest BCUT2D eigenvalue weighted by molar-refractivity contribution is 7.09. The van der Waals surface area contributed by atoms with E-state index in [9.17, 15) is 0 Å². The Morgan fingerprint density at radius 2 is 0.295 bits per heavy atom. The fraction of sp³-hybridized carbons (Fsp3) is 0.0182. The third-order valence-corrected chi connectivity index (χ3v) is 23.4. The van der Waals surface area contributed by atoms with Crippen LogP contribution in [0.3, 0.4) is 0 Å². The largest absolute Gasteiger partial charge is 0.359 e. The molecule has 0 spiro atoms. The molecule has 296 valence electrons. The lowest BCUT2D eigenvalue weighted by Crippen LogP contribution is -2.77. The van der Waals surface area contributed by atoms with Gasteiger partial charge in [0.2, 0.25) is 6.48 Å². The molecule has 6 heteroatoms. The molecule has 0 saturated heterocycles. The van der Waals surface area contributed by atoms with Crippen LogP contribution in [0.1, 0.15) is 0 Å². The smallest absolute Gasteiger partial charge is 0.293 e. The van der Waals surface area contributed by atoms with Crippen LogP contribution in [0, 0.1) is 0 Å².